The van der Waals surface area contributed by atoms with Gasteiger partial charge < -0.3 is 4.74 Å². The van der Waals surface area contributed by atoms with Gasteiger partial charge in [-0.15, -0.1) is 0 Å². The van der Waals surface area contributed by atoms with Crippen LogP contribution in [-0.2, 0) is 11.2 Å². The van der Waals surface area contributed by atoms with E-state index < -0.39 is 0 Å². The highest BCUT2D eigenvalue weighted by Crippen LogP contribution is 2.36. The topological polar surface area (TPSA) is 26.3 Å². The zero-order valence-corrected chi connectivity index (χ0v) is 9.70. The lowest BCUT2D eigenvalue weighted by molar-refractivity contribution is -0.131. The van der Waals surface area contributed by atoms with Crippen LogP contribution in [0.25, 0.3) is 11.1 Å². The number of hydrogen-bond donors (Lipinski definition) is 0. The van der Waals surface area contributed by atoms with E-state index in [2.05, 4.69) is 0 Å². The monoisotopic (exact) mass is 244 g/mol. The van der Waals surface area contributed by atoms with Crippen molar-refractivity contribution < 1.29 is 9.53 Å². The number of fused-ring (bicyclic) bond motifs is 1. The molecule has 0 fully saturated rings. The number of rotatable bonds is 1. The van der Waals surface area contributed by atoms with Gasteiger partial charge in [-0.1, -0.05) is 41.9 Å². The van der Waals surface area contributed by atoms with Crippen LogP contribution in [0.3, 0.4) is 0 Å². The van der Waals surface area contributed by atoms with Crippen molar-refractivity contribution in [3.05, 3.63) is 53.1 Å². The smallest absolute Gasteiger partial charge is 0.315 e. The molecule has 0 aromatic heterocycles. The average molecular weight is 245 g/mol. The van der Waals surface area contributed by atoms with Crippen molar-refractivity contribution in [2.24, 2.45) is 0 Å². The Kier molecular flexibility index (Phi) is 2.37. The predicted molar refractivity (Wildman–Crippen MR) is 66.2 cm³/mol. The van der Waals surface area contributed by atoms with E-state index in [1.54, 1.807) is 0 Å². The van der Waals surface area contributed by atoms with Gasteiger partial charge in [0, 0.05) is 16.1 Å². The molecule has 1 aliphatic heterocycles. The molecule has 0 saturated heterocycles. The van der Waals surface area contributed by atoms with Crippen molar-refractivity contribution in [1.29, 1.82) is 0 Å². The summed E-state index contributed by atoms with van der Waals surface area (Å²) in [5, 5.41) is 0.647. The van der Waals surface area contributed by atoms with Gasteiger partial charge in [-0.2, -0.15) is 0 Å². The van der Waals surface area contributed by atoms with Crippen LogP contribution >= 0.6 is 11.6 Å². The molecule has 1 heterocycles. The average Bonchev–Trinajstić information content (AvgIpc) is 2.68. The lowest BCUT2D eigenvalue weighted by Crippen LogP contribution is -2.00. The van der Waals surface area contributed by atoms with Gasteiger partial charge in [0.1, 0.15) is 5.75 Å². The largest absolute Gasteiger partial charge is 0.426 e. The minimum Gasteiger partial charge on any atom is -0.426 e. The molecule has 2 aromatic rings. The summed E-state index contributed by atoms with van der Waals surface area (Å²) in [5.74, 6) is 0.402. The third-order valence-electron chi connectivity index (χ3n) is 2.79. The molecule has 0 aliphatic carbocycles. The van der Waals surface area contributed by atoms with Crippen molar-refractivity contribution >= 4 is 17.6 Å². The van der Waals surface area contributed by atoms with Crippen LogP contribution in [-0.4, -0.2) is 5.97 Å². The molecule has 0 spiro atoms. The van der Waals surface area contributed by atoms with Gasteiger partial charge in [0.05, 0.1) is 6.42 Å². The lowest BCUT2D eigenvalue weighted by Gasteiger charge is -2.06. The molecule has 1 aliphatic rings. The van der Waals surface area contributed by atoms with E-state index in [9.17, 15) is 4.79 Å². The Morgan fingerprint density at radius 2 is 1.88 bits per heavy atom. The molecule has 17 heavy (non-hydrogen) atoms. The van der Waals surface area contributed by atoms with Crippen molar-refractivity contribution in [2.45, 2.75) is 6.42 Å². The van der Waals surface area contributed by atoms with Crippen LogP contribution in [0.4, 0.5) is 0 Å². The molecule has 0 bridgehead atoms. The highest BCUT2D eigenvalue weighted by molar-refractivity contribution is 6.33. The number of benzene rings is 2. The van der Waals surface area contributed by atoms with Gasteiger partial charge in [0.2, 0.25) is 0 Å². The van der Waals surface area contributed by atoms with Crippen molar-refractivity contribution in [2.75, 3.05) is 0 Å². The van der Waals surface area contributed by atoms with E-state index in [0.29, 0.717) is 17.2 Å². The number of ether oxygens (including phenoxy) is 1. The normalized spacial score (nSPS) is 13.4. The molecule has 2 aromatic carbocycles. The minimum absolute atomic E-state index is 0.221. The van der Waals surface area contributed by atoms with E-state index in [1.165, 1.54) is 0 Å². The van der Waals surface area contributed by atoms with Gasteiger partial charge in [0.25, 0.3) is 0 Å². The fourth-order valence-electron chi connectivity index (χ4n) is 1.98. The molecule has 0 N–H and O–H groups in total. The molecule has 0 saturated carbocycles. The van der Waals surface area contributed by atoms with Crippen LogP contribution in [0.5, 0.6) is 5.75 Å². The molecular formula is C14H9ClO2. The summed E-state index contributed by atoms with van der Waals surface area (Å²) in [5.41, 5.74) is 2.77. The third-order valence-corrected chi connectivity index (χ3v) is 3.11. The molecule has 84 valence electrons. The van der Waals surface area contributed by atoms with E-state index >= 15 is 0 Å². The minimum atomic E-state index is -0.221. The van der Waals surface area contributed by atoms with Crippen LogP contribution in [0.15, 0.2) is 42.5 Å². The Morgan fingerprint density at radius 1 is 1.12 bits per heavy atom. The number of carbonyl (C=O) groups is 1. The summed E-state index contributed by atoms with van der Waals surface area (Å²) in [6.07, 6.45) is 0.310. The first-order valence-corrected chi connectivity index (χ1v) is 5.70. The zero-order chi connectivity index (χ0) is 11.8. The van der Waals surface area contributed by atoms with Gasteiger partial charge in [0.15, 0.2) is 0 Å². The van der Waals surface area contributed by atoms with Crippen LogP contribution in [0, 0.1) is 0 Å². The number of carbonyl (C=O) groups excluding carboxylic acids is 1. The lowest BCUT2D eigenvalue weighted by atomic mass is 10.0. The van der Waals surface area contributed by atoms with Gasteiger partial charge in [-0.3, -0.25) is 4.79 Å². The maximum Gasteiger partial charge on any atom is 0.315 e. The fraction of sp³-hybridized carbons (Fsp3) is 0.0714. The second-order valence-electron chi connectivity index (χ2n) is 3.96. The Hall–Kier alpha value is -1.80. The standard InChI is InChI=1S/C14H9ClO2/c15-12-6-10-7-14(16)17-13(10)8-11(12)9-4-2-1-3-5-9/h1-6,8H,7H2. The molecule has 0 amide bonds. The van der Waals surface area contributed by atoms with Crippen molar-refractivity contribution in [3.8, 4) is 16.9 Å². The summed E-state index contributed by atoms with van der Waals surface area (Å²) in [4.78, 5) is 11.2. The molecule has 2 nitrogen and oxygen atoms in total. The number of halogens is 1. The molecular weight excluding hydrogens is 236 g/mol. The molecule has 3 rings (SSSR count). The molecule has 0 atom stereocenters. The summed E-state index contributed by atoms with van der Waals surface area (Å²) >= 11 is 6.22. The molecule has 0 radical (unpaired) electrons. The number of esters is 1. The van der Waals surface area contributed by atoms with Gasteiger partial charge in [-0.05, 0) is 17.7 Å². The maximum absolute atomic E-state index is 11.2. The Labute approximate surface area is 104 Å². The van der Waals surface area contributed by atoms with E-state index in [-0.39, 0.29) is 5.97 Å². The first-order chi connectivity index (χ1) is 8.24. The second-order valence-corrected chi connectivity index (χ2v) is 4.36. The number of hydrogen-bond acceptors (Lipinski definition) is 2. The van der Waals surface area contributed by atoms with Crippen LogP contribution < -0.4 is 4.74 Å². The Bertz CT molecular complexity index is 591. The van der Waals surface area contributed by atoms with Crippen LogP contribution in [0.2, 0.25) is 5.02 Å². The maximum atomic E-state index is 11.2. The highest BCUT2D eigenvalue weighted by Gasteiger charge is 2.22. The molecule has 0 unspecified atom stereocenters. The summed E-state index contributed by atoms with van der Waals surface area (Å²) in [6.45, 7) is 0. The van der Waals surface area contributed by atoms with Gasteiger partial charge in [-0.25, -0.2) is 0 Å². The van der Waals surface area contributed by atoms with Crippen LogP contribution in [0.1, 0.15) is 5.56 Å². The molecule has 3 heteroatoms. The summed E-state index contributed by atoms with van der Waals surface area (Å²) in [7, 11) is 0. The SMILES string of the molecule is O=C1Cc2cc(Cl)c(-c3ccccc3)cc2O1. The predicted octanol–water partition coefficient (Wildman–Crippen LogP) is 3.47. The summed E-state index contributed by atoms with van der Waals surface area (Å²) in [6, 6.07) is 13.4. The fourth-order valence-corrected chi connectivity index (χ4v) is 2.28. The van der Waals surface area contributed by atoms with E-state index in [0.717, 1.165) is 16.7 Å². The zero-order valence-electron chi connectivity index (χ0n) is 8.94. The first-order valence-electron chi connectivity index (χ1n) is 5.32. The Balaban J connectivity index is 2.14. The quantitative estimate of drug-likeness (QED) is 0.567. The van der Waals surface area contributed by atoms with Gasteiger partial charge >= 0.3 is 5.97 Å². The third kappa shape index (κ3) is 1.81. The summed E-state index contributed by atoms with van der Waals surface area (Å²) < 4.78 is 5.13. The second kappa shape index (κ2) is 3.90. The van der Waals surface area contributed by atoms with Crippen molar-refractivity contribution in [1.82, 2.24) is 0 Å². The van der Waals surface area contributed by atoms with Crippen molar-refractivity contribution in [3.63, 3.8) is 0 Å². The van der Waals surface area contributed by atoms with E-state index in [4.69, 9.17) is 16.3 Å². The first kappa shape index (κ1) is 10.4. The Morgan fingerprint density at radius 3 is 2.65 bits per heavy atom. The highest BCUT2D eigenvalue weighted by atomic mass is 35.5. The van der Waals surface area contributed by atoms with E-state index in [1.807, 2.05) is 42.5 Å².